The molecule has 0 atom stereocenters. The minimum Gasteiger partial charge on any atom is -0.326 e. The number of rotatable bonds is 3. The molecule has 0 aromatic heterocycles. The first-order valence-corrected chi connectivity index (χ1v) is 6.20. The number of halogens is 1. The van der Waals surface area contributed by atoms with Gasteiger partial charge in [-0.25, -0.2) is 0 Å². The number of benzene rings is 2. The highest BCUT2D eigenvalue weighted by Gasteiger charge is 2.03. The van der Waals surface area contributed by atoms with E-state index >= 15 is 0 Å². The highest BCUT2D eigenvalue weighted by atomic mass is 35.5. The van der Waals surface area contributed by atoms with Gasteiger partial charge in [0.1, 0.15) is 0 Å². The van der Waals surface area contributed by atoms with Crippen molar-refractivity contribution >= 4 is 23.4 Å². The van der Waals surface area contributed by atoms with Crippen LogP contribution in [0.3, 0.4) is 0 Å². The van der Waals surface area contributed by atoms with Gasteiger partial charge >= 0.3 is 0 Å². The fraction of sp³-hybridized carbons (Fsp3) is 0.0769. The normalized spacial score (nSPS) is 10.4. The lowest BCUT2D eigenvalue weighted by molar-refractivity contribution is 1.03. The van der Waals surface area contributed by atoms with E-state index in [1.807, 2.05) is 36.4 Å². The molecule has 0 amide bonds. The van der Waals surface area contributed by atoms with Gasteiger partial charge in [0, 0.05) is 21.4 Å². The molecule has 0 bridgehead atoms. The molecule has 0 unspecified atom stereocenters. The highest BCUT2D eigenvalue weighted by Crippen LogP contribution is 2.32. The van der Waals surface area contributed by atoms with E-state index in [9.17, 15) is 0 Å². The smallest absolute Gasteiger partial charge is 0.0417 e. The minimum atomic E-state index is 0.534. The molecule has 0 fully saturated rings. The molecule has 2 N–H and O–H groups in total. The second-order valence-corrected chi connectivity index (χ2v) is 4.92. The molecule has 0 saturated carbocycles. The standard InChI is InChI=1S/C13H12ClNS/c14-11-7-6-10(9-15)13(8-11)16-12-4-2-1-3-5-12/h1-8H,9,15H2. The Morgan fingerprint density at radius 3 is 2.50 bits per heavy atom. The van der Waals surface area contributed by atoms with Gasteiger partial charge in [0.25, 0.3) is 0 Å². The van der Waals surface area contributed by atoms with Crippen LogP contribution in [0.4, 0.5) is 0 Å². The summed E-state index contributed by atoms with van der Waals surface area (Å²) < 4.78 is 0. The van der Waals surface area contributed by atoms with Gasteiger partial charge in [0.2, 0.25) is 0 Å². The Morgan fingerprint density at radius 1 is 1.06 bits per heavy atom. The molecule has 2 aromatic rings. The fourth-order valence-electron chi connectivity index (χ4n) is 1.41. The Balaban J connectivity index is 2.30. The lowest BCUT2D eigenvalue weighted by Crippen LogP contribution is -1.97. The van der Waals surface area contributed by atoms with Crippen molar-refractivity contribution in [3.05, 3.63) is 59.1 Å². The Bertz CT molecular complexity index is 471. The van der Waals surface area contributed by atoms with Crippen molar-refractivity contribution in [1.82, 2.24) is 0 Å². The van der Waals surface area contributed by atoms with Gasteiger partial charge in [0.05, 0.1) is 0 Å². The van der Waals surface area contributed by atoms with Crippen LogP contribution >= 0.6 is 23.4 Å². The third-order valence-electron chi connectivity index (χ3n) is 2.22. The summed E-state index contributed by atoms with van der Waals surface area (Å²) in [5, 5.41) is 0.746. The maximum Gasteiger partial charge on any atom is 0.0417 e. The predicted octanol–water partition coefficient (Wildman–Crippen LogP) is 3.95. The van der Waals surface area contributed by atoms with Crippen LogP contribution in [0.25, 0.3) is 0 Å². The third kappa shape index (κ3) is 2.79. The number of nitrogens with two attached hydrogens (primary N) is 1. The van der Waals surface area contributed by atoms with Gasteiger partial charge in [-0.05, 0) is 29.8 Å². The molecule has 1 nitrogen and oxygen atoms in total. The molecule has 0 aliphatic rings. The molecule has 82 valence electrons. The van der Waals surface area contributed by atoms with Crippen molar-refractivity contribution in [3.63, 3.8) is 0 Å². The van der Waals surface area contributed by atoms with Crippen LogP contribution in [-0.4, -0.2) is 0 Å². The summed E-state index contributed by atoms with van der Waals surface area (Å²) in [6.07, 6.45) is 0. The Kier molecular flexibility index (Phi) is 3.88. The topological polar surface area (TPSA) is 26.0 Å². The van der Waals surface area contributed by atoms with E-state index in [1.165, 1.54) is 4.90 Å². The van der Waals surface area contributed by atoms with E-state index in [2.05, 4.69) is 12.1 Å². The van der Waals surface area contributed by atoms with Crippen molar-refractivity contribution in [2.24, 2.45) is 5.73 Å². The molecule has 16 heavy (non-hydrogen) atoms. The minimum absolute atomic E-state index is 0.534. The maximum atomic E-state index is 5.99. The lowest BCUT2D eigenvalue weighted by Gasteiger charge is -2.07. The quantitative estimate of drug-likeness (QED) is 0.892. The second-order valence-electron chi connectivity index (χ2n) is 3.37. The molecule has 2 rings (SSSR count). The molecule has 0 saturated heterocycles. The van der Waals surface area contributed by atoms with Crippen LogP contribution in [-0.2, 0) is 6.54 Å². The van der Waals surface area contributed by atoms with Crippen LogP contribution in [0.15, 0.2) is 58.3 Å². The molecule has 0 heterocycles. The summed E-state index contributed by atoms with van der Waals surface area (Å²) in [5.41, 5.74) is 6.82. The largest absolute Gasteiger partial charge is 0.326 e. The first kappa shape index (κ1) is 11.5. The van der Waals surface area contributed by atoms with Crippen molar-refractivity contribution in [3.8, 4) is 0 Å². The Morgan fingerprint density at radius 2 is 1.81 bits per heavy atom. The van der Waals surface area contributed by atoms with Crippen LogP contribution < -0.4 is 5.73 Å². The van der Waals surface area contributed by atoms with Gasteiger partial charge < -0.3 is 5.73 Å². The SMILES string of the molecule is NCc1ccc(Cl)cc1Sc1ccccc1. The van der Waals surface area contributed by atoms with Gasteiger partial charge in [0.15, 0.2) is 0 Å². The predicted molar refractivity (Wildman–Crippen MR) is 69.9 cm³/mol. The van der Waals surface area contributed by atoms with Gasteiger partial charge in [-0.15, -0.1) is 0 Å². The third-order valence-corrected chi connectivity index (χ3v) is 3.56. The van der Waals surface area contributed by atoms with Gasteiger partial charge in [-0.1, -0.05) is 47.6 Å². The average molecular weight is 250 g/mol. The highest BCUT2D eigenvalue weighted by molar-refractivity contribution is 7.99. The Labute approximate surface area is 105 Å². The fourth-order valence-corrected chi connectivity index (χ4v) is 2.66. The van der Waals surface area contributed by atoms with Crippen molar-refractivity contribution in [1.29, 1.82) is 0 Å². The average Bonchev–Trinajstić information content (AvgIpc) is 2.31. The zero-order valence-electron chi connectivity index (χ0n) is 8.69. The molecule has 0 aliphatic carbocycles. The zero-order valence-corrected chi connectivity index (χ0v) is 10.3. The van der Waals surface area contributed by atoms with Crippen LogP contribution in [0.2, 0.25) is 5.02 Å². The molecule has 0 spiro atoms. The van der Waals surface area contributed by atoms with Crippen molar-refractivity contribution in [2.75, 3.05) is 0 Å². The summed E-state index contributed by atoms with van der Waals surface area (Å²) >= 11 is 7.67. The molecule has 0 radical (unpaired) electrons. The van der Waals surface area contributed by atoms with Crippen LogP contribution in [0.1, 0.15) is 5.56 Å². The first-order chi connectivity index (χ1) is 7.79. The summed E-state index contributed by atoms with van der Waals surface area (Å²) in [7, 11) is 0. The number of hydrogen-bond donors (Lipinski definition) is 1. The summed E-state index contributed by atoms with van der Waals surface area (Å²) in [6, 6.07) is 16.0. The van der Waals surface area contributed by atoms with E-state index in [0.717, 1.165) is 15.5 Å². The summed E-state index contributed by atoms with van der Waals surface area (Å²) in [4.78, 5) is 2.32. The molecular weight excluding hydrogens is 238 g/mol. The van der Waals surface area contributed by atoms with E-state index < -0.39 is 0 Å². The Hall–Kier alpha value is -0.960. The molecular formula is C13H12ClNS. The molecule has 2 aromatic carbocycles. The van der Waals surface area contributed by atoms with Gasteiger partial charge in [-0.2, -0.15) is 0 Å². The van der Waals surface area contributed by atoms with Crippen LogP contribution in [0.5, 0.6) is 0 Å². The van der Waals surface area contributed by atoms with E-state index in [0.29, 0.717) is 6.54 Å². The molecule has 0 aliphatic heterocycles. The zero-order chi connectivity index (χ0) is 11.4. The maximum absolute atomic E-state index is 5.99. The van der Waals surface area contributed by atoms with E-state index in [4.69, 9.17) is 17.3 Å². The van der Waals surface area contributed by atoms with Crippen molar-refractivity contribution < 1.29 is 0 Å². The van der Waals surface area contributed by atoms with Crippen LogP contribution in [0, 0.1) is 0 Å². The monoisotopic (exact) mass is 249 g/mol. The van der Waals surface area contributed by atoms with E-state index in [-0.39, 0.29) is 0 Å². The summed E-state index contributed by atoms with van der Waals surface area (Å²) in [5.74, 6) is 0. The van der Waals surface area contributed by atoms with Gasteiger partial charge in [-0.3, -0.25) is 0 Å². The number of hydrogen-bond acceptors (Lipinski definition) is 2. The van der Waals surface area contributed by atoms with E-state index in [1.54, 1.807) is 11.8 Å². The lowest BCUT2D eigenvalue weighted by atomic mass is 10.2. The second kappa shape index (κ2) is 5.39. The summed E-state index contributed by atoms with van der Waals surface area (Å²) in [6.45, 7) is 0.534. The molecule has 3 heteroatoms. The van der Waals surface area contributed by atoms with Crippen molar-refractivity contribution in [2.45, 2.75) is 16.3 Å². The first-order valence-electron chi connectivity index (χ1n) is 5.01.